The van der Waals surface area contributed by atoms with E-state index in [0.29, 0.717) is 28.0 Å². The van der Waals surface area contributed by atoms with E-state index in [1.807, 2.05) is 18.2 Å². The number of nitrogens with one attached hydrogen (secondary N) is 1. The summed E-state index contributed by atoms with van der Waals surface area (Å²) in [6.45, 7) is 0. The first-order valence-electron chi connectivity index (χ1n) is 8.58. The predicted molar refractivity (Wildman–Crippen MR) is 105 cm³/mol. The molecule has 0 aliphatic rings. The molecule has 3 aromatic carbocycles. The van der Waals surface area contributed by atoms with Gasteiger partial charge in [-0.2, -0.15) is 0 Å². The van der Waals surface area contributed by atoms with Crippen molar-refractivity contribution in [3.8, 4) is 5.75 Å². The van der Waals surface area contributed by atoms with E-state index >= 15 is 0 Å². The second-order valence-corrected chi connectivity index (χ2v) is 6.00. The third-order valence-corrected chi connectivity index (χ3v) is 4.04. The van der Waals surface area contributed by atoms with Crippen molar-refractivity contribution in [2.45, 2.75) is 0 Å². The molecule has 0 spiro atoms. The number of nitrogens with zero attached hydrogens (tertiary/aromatic N) is 2. The Morgan fingerprint density at radius 2 is 1.50 bits per heavy atom. The van der Waals surface area contributed by atoms with Crippen LogP contribution in [0.15, 0.2) is 85.2 Å². The molecule has 136 valence electrons. The number of rotatable bonds is 4. The maximum Gasteiger partial charge on any atom is 0.343 e. The highest BCUT2D eigenvalue weighted by Crippen LogP contribution is 2.19. The van der Waals surface area contributed by atoms with Gasteiger partial charge in [0.15, 0.2) is 0 Å². The molecule has 0 aliphatic heterocycles. The number of carbonyl (C=O) groups excluding carboxylic acids is 2. The number of ether oxygens (including phenoxy) is 1. The Bertz CT molecular complexity index is 1160. The lowest BCUT2D eigenvalue weighted by Gasteiger charge is -2.08. The molecule has 1 aromatic heterocycles. The van der Waals surface area contributed by atoms with Gasteiger partial charge in [-0.25, -0.2) is 4.79 Å². The average Bonchev–Trinajstić information content (AvgIpc) is 2.74. The molecule has 6 nitrogen and oxygen atoms in total. The largest absolute Gasteiger partial charge is 0.423 e. The molecule has 0 atom stereocenters. The Morgan fingerprint density at radius 3 is 2.32 bits per heavy atom. The first-order valence-corrected chi connectivity index (χ1v) is 8.58. The minimum Gasteiger partial charge on any atom is -0.423 e. The summed E-state index contributed by atoms with van der Waals surface area (Å²) in [6, 6.07) is 20.5. The Morgan fingerprint density at radius 1 is 0.750 bits per heavy atom. The molecule has 0 saturated heterocycles. The summed E-state index contributed by atoms with van der Waals surface area (Å²) >= 11 is 0. The fourth-order valence-electron chi connectivity index (χ4n) is 2.68. The van der Waals surface area contributed by atoms with Gasteiger partial charge in [0.2, 0.25) is 0 Å². The fourth-order valence-corrected chi connectivity index (χ4v) is 2.68. The molecule has 0 saturated carbocycles. The lowest BCUT2D eigenvalue weighted by molar-refractivity contribution is 0.0735. The van der Waals surface area contributed by atoms with Gasteiger partial charge in [0.1, 0.15) is 5.75 Å². The number of fused-ring (bicyclic) bond motifs is 1. The topological polar surface area (TPSA) is 81.2 Å². The highest BCUT2D eigenvalue weighted by atomic mass is 16.5. The number of esters is 1. The Hall–Kier alpha value is -4.06. The van der Waals surface area contributed by atoms with E-state index in [1.54, 1.807) is 60.9 Å². The quantitative estimate of drug-likeness (QED) is 0.433. The zero-order valence-electron chi connectivity index (χ0n) is 14.7. The van der Waals surface area contributed by atoms with Gasteiger partial charge in [0.25, 0.3) is 5.91 Å². The van der Waals surface area contributed by atoms with E-state index in [-0.39, 0.29) is 11.5 Å². The maximum absolute atomic E-state index is 12.5. The molecule has 1 amide bonds. The standard InChI is InChI=1S/C22H15N3O3/c26-21(25-17-7-2-1-3-8-17)15-5-4-6-16(13-15)22(27)28-18-9-10-19-20(14-18)24-12-11-23-19/h1-14H,(H,25,26). The van der Waals surface area contributed by atoms with Crippen LogP contribution in [0, 0.1) is 0 Å². The molecule has 1 heterocycles. The molecule has 0 fully saturated rings. The summed E-state index contributed by atoms with van der Waals surface area (Å²) in [7, 11) is 0. The van der Waals surface area contributed by atoms with Crippen molar-refractivity contribution >= 4 is 28.6 Å². The number of hydrogen-bond acceptors (Lipinski definition) is 5. The Balaban J connectivity index is 1.51. The van der Waals surface area contributed by atoms with Gasteiger partial charge in [0.05, 0.1) is 16.6 Å². The van der Waals surface area contributed by atoms with Gasteiger partial charge in [-0.3, -0.25) is 14.8 Å². The van der Waals surface area contributed by atoms with Gasteiger partial charge in [-0.15, -0.1) is 0 Å². The second kappa shape index (κ2) is 7.67. The van der Waals surface area contributed by atoms with Crippen molar-refractivity contribution < 1.29 is 14.3 Å². The minimum absolute atomic E-state index is 0.278. The van der Waals surface area contributed by atoms with Gasteiger partial charge in [-0.05, 0) is 42.5 Å². The van der Waals surface area contributed by atoms with Gasteiger partial charge in [-0.1, -0.05) is 24.3 Å². The van der Waals surface area contributed by atoms with Gasteiger partial charge < -0.3 is 10.1 Å². The molecular formula is C22H15N3O3. The molecule has 0 bridgehead atoms. The van der Waals surface area contributed by atoms with Crippen LogP contribution in [0.1, 0.15) is 20.7 Å². The van der Waals surface area contributed by atoms with Gasteiger partial charge >= 0.3 is 5.97 Å². The fraction of sp³-hybridized carbons (Fsp3) is 0. The number of para-hydroxylation sites is 1. The normalized spacial score (nSPS) is 10.4. The molecule has 0 unspecified atom stereocenters. The SMILES string of the molecule is O=C(Nc1ccccc1)c1cccc(C(=O)Oc2ccc3nccnc3c2)c1. The van der Waals surface area contributed by atoms with Crippen molar-refractivity contribution in [1.82, 2.24) is 9.97 Å². The molecule has 4 rings (SSSR count). The minimum atomic E-state index is -0.558. The Kier molecular flexibility index (Phi) is 4.76. The third-order valence-electron chi connectivity index (χ3n) is 4.04. The van der Waals surface area contributed by atoms with E-state index in [4.69, 9.17) is 4.74 Å². The molecule has 0 radical (unpaired) electrons. The first kappa shape index (κ1) is 17.4. The van der Waals surface area contributed by atoms with Crippen molar-refractivity contribution in [3.63, 3.8) is 0 Å². The smallest absolute Gasteiger partial charge is 0.343 e. The summed E-state index contributed by atoms with van der Waals surface area (Å²) in [5, 5.41) is 2.79. The van der Waals surface area contributed by atoms with Crippen LogP contribution in [0.3, 0.4) is 0 Å². The summed E-state index contributed by atoms with van der Waals surface area (Å²) < 4.78 is 5.42. The van der Waals surface area contributed by atoms with Crippen molar-refractivity contribution in [1.29, 1.82) is 0 Å². The van der Waals surface area contributed by atoms with Crippen molar-refractivity contribution in [3.05, 3.63) is 96.3 Å². The number of benzene rings is 3. The van der Waals surface area contributed by atoms with Crippen molar-refractivity contribution in [2.24, 2.45) is 0 Å². The lowest BCUT2D eigenvalue weighted by Crippen LogP contribution is -2.14. The highest BCUT2D eigenvalue weighted by molar-refractivity contribution is 6.05. The molecule has 6 heteroatoms. The zero-order chi connectivity index (χ0) is 19.3. The van der Waals surface area contributed by atoms with E-state index in [1.165, 1.54) is 6.07 Å². The van der Waals surface area contributed by atoms with Crippen LogP contribution in [-0.2, 0) is 0 Å². The molecule has 28 heavy (non-hydrogen) atoms. The van der Waals surface area contributed by atoms with Crippen molar-refractivity contribution in [2.75, 3.05) is 5.32 Å². The van der Waals surface area contributed by atoms with E-state index in [0.717, 1.165) is 0 Å². The average molecular weight is 369 g/mol. The maximum atomic E-state index is 12.5. The van der Waals surface area contributed by atoms with Crippen LogP contribution in [-0.4, -0.2) is 21.8 Å². The van der Waals surface area contributed by atoms with E-state index < -0.39 is 5.97 Å². The third kappa shape index (κ3) is 3.86. The monoisotopic (exact) mass is 369 g/mol. The van der Waals surface area contributed by atoms with E-state index in [9.17, 15) is 9.59 Å². The summed E-state index contributed by atoms with van der Waals surface area (Å²) in [5.41, 5.74) is 2.66. The Labute approximate surface area is 160 Å². The number of aromatic nitrogens is 2. The number of carbonyl (C=O) groups is 2. The van der Waals surface area contributed by atoms with Crippen LogP contribution in [0.25, 0.3) is 11.0 Å². The molecule has 1 N–H and O–H groups in total. The number of amides is 1. The lowest BCUT2D eigenvalue weighted by atomic mass is 10.1. The number of hydrogen-bond donors (Lipinski definition) is 1. The highest BCUT2D eigenvalue weighted by Gasteiger charge is 2.13. The van der Waals surface area contributed by atoms with Crippen LogP contribution < -0.4 is 10.1 Å². The first-order chi connectivity index (χ1) is 13.7. The van der Waals surface area contributed by atoms with E-state index in [2.05, 4.69) is 15.3 Å². The molecule has 0 aliphatic carbocycles. The number of anilines is 1. The van der Waals surface area contributed by atoms with Crippen LogP contribution in [0.4, 0.5) is 5.69 Å². The van der Waals surface area contributed by atoms with Crippen LogP contribution in [0.2, 0.25) is 0 Å². The van der Waals surface area contributed by atoms with Gasteiger partial charge in [0, 0.05) is 29.7 Å². The van der Waals surface area contributed by atoms with Crippen LogP contribution >= 0.6 is 0 Å². The summed E-state index contributed by atoms with van der Waals surface area (Å²) in [6.07, 6.45) is 3.17. The predicted octanol–water partition coefficient (Wildman–Crippen LogP) is 4.10. The second-order valence-electron chi connectivity index (χ2n) is 6.00. The molecule has 4 aromatic rings. The summed E-state index contributed by atoms with van der Waals surface area (Å²) in [5.74, 6) is -0.503. The van der Waals surface area contributed by atoms with Crippen LogP contribution in [0.5, 0.6) is 5.75 Å². The molecular weight excluding hydrogens is 354 g/mol. The summed E-state index contributed by atoms with van der Waals surface area (Å²) in [4.78, 5) is 33.3. The zero-order valence-corrected chi connectivity index (χ0v) is 14.7.